The molecule has 0 aliphatic carbocycles. The van der Waals surface area contributed by atoms with E-state index in [-0.39, 0.29) is 11.8 Å². The molecule has 19 heavy (non-hydrogen) atoms. The maximum Gasteiger partial charge on any atom is 0.223 e. The number of para-hydroxylation sites is 2. The molecule has 1 saturated heterocycles. The third-order valence-corrected chi connectivity index (χ3v) is 3.59. The molecule has 3 rings (SSSR count). The van der Waals surface area contributed by atoms with Crippen molar-refractivity contribution >= 4 is 16.9 Å². The van der Waals surface area contributed by atoms with Crippen LogP contribution in [-0.4, -0.2) is 33.9 Å². The van der Waals surface area contributed by atoms with Gasteiger partial charge in [0.15, 0.2) is 0 Å². The number of imidazole rings is 1. The topological polar surface area (TPSA) is 49.0 Å². The maximum atomic E-state index is 12.0. The van der Waals surface area contributed by atoms with Crippen molar-refractivity contribution < 1.29 is 4.79 Å². The molecule has 2 heterocycles. The number of nitrogens with zero attached hydrogens (tertiary/aromatic N) is 2. The second-order valence-electron chi connectivity index (χ2n) is 5.73. The number of carbonyl (C=O) groups is 1. The number of amides is 1. The molecular weight excluding hydrogens is 238 g/mol. The number of likely N-dealkylation sites (tertiary alicyclic amines) is 1. The number of nitrogens with one attached hydrogen (secondary N) is 1. The Hall–Kier alpha value is -1.84. The van der Waals surface area contributed by atoms with Gasteiger partial charge in [0.2, 0.25) is 5.91 Å². The van der Waals surface area contributed by atoms with Crippen LogP contribution in [0.2, 0.25) is 0 Å². The average molecular weight is 257 g/mol. The monoisotopic (exact) mass is 257 g/mol. The van der Waals surface area contributed by atoms with Crippen LogP contribution in [0.4, 0.5) is 0 Å². The van der Waals surface area contributed by atoms with E-state index in [1.54, 1.807) is 0 Å². The first-order valence-electron chi connectivity index (χ1n) is 6.86. The van der Waals surface area contributed by atoms with Crippen LogP contribution >= 0.6 is 0 Å². The highest BCUT2D eigenvalue weighted by molar-refractivity contribution is 5.80. The largest absolute Gasteiger partial charge is 0.342 e. The molecule has 4 nitrogen and oxygen atoms in total. The Morgan fingerprint density at radius 1 is 1.42 bits per heavy atom. The Morgan fingerprint density at radius 3 is 2.95 bits per heavy atom. The van der Waals surface area contributed by atoms with Crippen molar-refractivity contribution in [3.05, 3.63) is 30.1 Å². The molecule has 1 aliphatic rings. The molecule has 4 heteroatoms. The van der Waals surface area contributed by atoms with Crippen LogP contribution < -0.4 is 0 Å². The predicted octanol–water partition coefficient (Wildman–Crippen LogP) is 2.53. The second kappa shape index (κ2) is 4.68. The second-order valence-corrected chi connectivity index (χ2v) is 5.73. The van der Waals surface area contributed by atoms with Crippen LogP contribution in [-0.2, 0) is 4.79 Å². The summed E-state index contributed by atoms with van der Waals surface area (Å²) in [5.74, 6) is 1.91. The minimum atomic E-state index is 0.207. The van der Waals surface area contributed by atoms with Gasteiger partial charge in [-0.1, -0.05) is 26.0 Å². The molecular formula is C15H19N3O. The molecule has 2 aromatic rings. The minimum Gasteiger partial charge on any atom is -0.342 e. The molecule has 0 saturated carbocycles. The van der Waals surface area contributed by atoms with Crippen LogP contribution in [0.3, 0.4) is 0 Å². The fourth-order valence-electron chi connectivity index (χ4n) is 2.74. The van der Waals surface area contributed by atoms with E-state index in [1.807, 2.05) is 29.2 Å². The number of carbonyl (C=O) groups excluding carboxylic acids is 1. The van der Waals surface area contributed by atoms with Gasteiger partial charge in [0, 0.05) is 25.4 Å². The summed E-state index contributed by atoms with van der Waals surface area (Å²) in [4.78, 5) is 21.9. The molecule has 1 aromatic heterocycles. The number of aromatic nitrogens is 2. The van der Waals surface area contributed by atoms with E-state index in [4.69, 9.17) is 0 Å². The average Bonchev–Trinajstić information content (AvgIpc) is 2.93. The van der Waals surface area contributed by atoms with E-state index in [9.17, 15) is 4.79 Å². The highest BCUT2D eigenvalue weighted by atomic mass is 16.2. The highest BCUT2D eigenvalue weighted by Gasteiger charge is 2.32. The van der Waals surface area contributed by atoms with E-state index in [0.29, 0.717) is 12.3 Å². The van der Waals surface area contributed by atoms with Gasteiger partial charge in [-0.05, 0) is 18.1 Å². The first-order chi connectivity index (χ1) is 9.13. The Bertz CT molecular complexity index is 569. The Labute approximate surface area is 112 Å². The fraction of sp³-hybridized carbons (Fsp3) is 0.467. The first-order valence-corrected chi connectivity index (χ1v) is 6.86. The van der Waals surface area contributed by atoms with Gasteiger partial charge in [-0.15, -0.1) is 0 Å². The number of H-pyrrole nitrogens is 1. The molecule has 0 bridgehead atoms. The van der Waals surface area contributed by atoms with Gasteiger partial charge in [0.25, 0.3) is 0 Å². The van der Waals surface area contributed by atoms with E-state index in [1.165, 1.54) is 0 Å². The van der Waals surface area contributed by atoms with Crippen molar-refractivity contribution in [3.63, 3.8) is 0 Å². The SMILES string of the molecule is CC(C)CN1C[C@@H](c2nc3ccccc3[nH]2)CC1=O. The van der Waals surface area contributed by atoms with Crippen molar-refractivity contribution in [1.29, 1.82) is 0 Å². The van der Waals surface area contributed by atoms with E-state index < -0.39 is 0 Å². The van der Waals surface area contributed by atoms with Gasteiger partial charge in [-0.2, -0.15) is 0 Å². The smallest absolute Gasteiger partial charge is 0.223 e. The molecule has 1 atom stereocenters. The Kier molecular flexibility index (Phi) is 3.01. The molecule has 1 amide bonds. The van der Waals surface area contributed by atoms with Gasteiger partial charge in [-0.3, -0.25) is 4.79 Å². The predicted molar refractivity (Wildman–Crippen MR) is 74.9 cm³/mol. The van der Waals surface area contributed by atoms with Crippen LogP contribution in [0.25, 0.3) is 11.0 Å². The van der Waals surface area contributed by atoms with Gasteiger partial charge in [0.1, 0.15) is 5.82 Å². The van der Waals surface area contributed by atoms with Gasteiger partial charge in [-0.25, -0.2) is 4.98 Å². The molecule has 1 fully saturated rings. The summed E-state index contributed by atoms with van der Waals surface area (Å²) >= 11 is 0. The first kappa shape index (κ1) is 12.2. The number of hydrogen-bond acceptors (Lipinski definition) is 2. The number of hydrogen-bond donors (Lipinski definition) is 1. The van der Waals surface area contributed by atoms with Gasteiger partial charge < -0.3 is 9.88 Å². The summed E-state index contributed by atoms with van der Waals surface area (Å²) in [7, 11) is 0. The Balaban J connectivity index is 1.81. The summed E-state index contributed by atoms with van der Waals surface area (Å²) in [6.07, 6.45) is 0.576. The molecule has 0 unspecified atom stereocenters. The van der Waals surface area contributed by atoms with Crippen LogP contribution in [0, 0.1) is 5.92 Å². The van der Waals surface area contributed by atoms with Gasteiger partial charge >= 0.3 is 0 Å². The lowest BCUT2D eigenvalue weighted by Gasteiger charge is -2.18. The van der Waals surface area contributed by atoms with Gasteiger partial charge in [0.05, 0.1) is 11.0 Å². The van der Waals surface area contributed by atoms with Crippen LogP contribution in [0.5, 0.6) is 0 Å². The van der Waals surface area contributed by atoms with Crippen molar-refractivity contribution in [2.24, 2.45) is 5.92 Å². The van der Waals surface area contributed by atoms with Crippen molar-refractivity contribution in [1.82, 2.24) is 14.9 Å². The Morgan fingerprint density at radius 2 is 2.21 bits per heavy atom. The van der Waals surface area contributed by atoms with Crippen LogP contribution in [0.1, 0.15) is 32.0 Å². The zero-order valence-electron chi connectivity index (χ0n) is 11.4. The number of benzene rings is 1. The normalized spacial score (nSPS) is 19.8. The van der Waals surface area contributed by atoms with Crippen molar-refractivity contribution in [2.75, 3.05) is 13.1 Å². The van der Waals surface area contributed by atoms with E-state index >= 15 is 0 Å². The lowest BCUT2D eigenvalue weighted by atomic mass is 10.1. The highest BCUT2D eigenvalue weighted by Crippen LogP contribution is 2.28. The van der Waals surface area contributed by atoms with Crippen molar-refractivity contribution in [3.8, 4) is 0 Å². The number of rotatable bonds is 3. The van der Waals surface area contributed by atoms with E-state index in [2.05, 4.69) is 23.8 Å². The summed E-state index contributed by atoms with van der Waals surface area (Å²) in [6.45, 7) is 5.91. The van der Waals surface area contributed by atoms with Crippen molar-refractivity contribution in [2.45, 2.75) is 26.2 Å². The zero-order chi connectivity index (χ0) is 13.4. The summed E-state index contributed by atoms with van der Waals surface area (Å²) in [6, 6.07) is 8.00. The third kappa shape index (κ3) is 2.35. The third-order valence-electron chi connectivity index (χ3n) is 3.59. The fourth-order valence-corrected chi connectivity index (χ4v) is 2.74. The van der Waals surface area contributed by atoms with E-state index in [0.717, 1.165) is 29.9 Å². The zero-order valence-corrected chi connectivity index (χ0v) is 11.4. The molecule has 100 valence electrons. The number of fused-ring (bicyclic) bond motifs is 1. The number of aromatic amines is 1. The molecule has 1 N–H and O–H groups in total. The standard InChI is InChI=1S/C15H19N3O/c1-10(2)8-18-9-11(7-14(18)19)15-16-12-5-3-4-6-13(12)17-15/h3-6,10-11H,7-9H2,1-2H3,(H,16,17)/t11-/m0/s1. The molecule has 0 spiro atoms. The minimum absolute atomic E-state index is 0.207. The molecule has 1 aliphatic heterocycles. The lowest BCUT2D eigenvalue weighted by molar-refractivity contribution is -0.128. The summed E-state index contributed by atoms with van der Waals surface area (Å²) < 4.78 is 0. The van der Waals surface area contributed by atoms with Crippen LogP contribution in [0.15, 0.2) is 24.3 Å². The summed E-state index contributed by atoms with van der Waals surface area (Å²) in [5, 5.41) is 0. The summed E-state index contributed by atoms with van der Waals surface area (Å²) in [5.41, 5.74) is 2.03. The lowest BCUT2D eigenvalue weighted by Crippen LogP contribution is -2.29. The molecule has 0 radical (unpaired) electrons. The quantitative estimate of drug-likeness (QED) is 0.918. The molecule has 1 aromatic carbocycles. The maximum absolute atomic E-state index is 12.0.